The number of hydrogen-bond donors (Lipinski definition) is 1. The Hall–Kier alpha value is -2.67. The summed E-state index contributed by atoms with van der Waals surface area (Å²) in [4.78, 5) is 26.4. The van der Waals surface area contributed by atoms with Crippen LogP contribution in [0.15, 0.2) is 35.3 Å². The Bertz CT molecular complexity index is 994. The topological polar surface area (TPSA) is 76.0 Å². The zero-order valence-corrected chi connectivity index (χ0v) is 16.4. The van der Waals surface area contributed by atoms with Crippen LogP contribution in [0.4, 0.5) is 0 Å². The fraction of sp³-hybridized carbons (Fsp3) is 0.476. The Labute approximate surface area is 165 Å². The molecule has 1 fully saturated rings. The van der Waals surface area contributed by atoms with Gasteiger partial charge in [-0.1, -0.05) is 37.6 Å². The third-order valence-corrected chi connectivity index (χ3v) is 5.15. The smallest absolute Gasteiger partial charge is 0.328 e. The van der Waals surface area contributed by atoms with Crippen molar-refractivity contribution in [1.82, 2.24) is 24.4 Å². The Morgan fingerprint density at radius 2 is 2.00 bits per heavy atom. The Morgan fingerprint density at radius 3 is 2.79 bits per heavy atom. The molecule has 7 nitrogen and oxygen atoms in total. The monoisotopic (exact) mass is 383 g/mol. The second-order valence-electron chi connectivity index (χ2n) is 7.41. The molecule has 7 heteroatoms. The number of rotatable bonds is 8. The molecule has 1 aliphatic rings. The minimum absolute atomic E-state index is 0. The van der Waals surface area contributed by atoms with Gasteiger partial charge in [-0.05, 0) is 43.5 Å². The summed E-state index contributed by atoms with van der Waals surface area (Å²) in [6.07, 6.45) is 6.18. The molecule has 0 aliphatic carbocycles. The van der Waals surface area contributed by atoms with Gasteiger partial charge in [0.1, 0.15) is 5.52 Å². The first-order valence-corrected chi connectivity index (χ1v) is 10.1. The molecule has 0 spiro atoms. The van der Waals surface area contributed by atoms with Crippen molar-refractivity contribution >= 4 is 11.2 Å². The molecular weight excluding hydrogens is 354 g/mol. The summed E-state index contributed by atoms with van der Waals surface area (Å²) in [6, 6.07) is 8.77. The standard InChI is InChI=1S/C21H27N5O2.H2/c1-2-3-11-28-20-22-13-18-19(24-20)26(21(27)23-18)15-17-8-6-7-16(12-17)14-25-9-4-5-10-25;/h6-8,12-13H,2-5,9-11,14-15H2,1H3,(H,23,27);1H. The van der Waals surface area contributed by atoms with E-state index in [2.05, 4.69) is 51.0 Å². The second-order valence-corrected chi connectivity index (χ2v) is 7.41. The van der Waals surface area contributed by atoms with Gasteiger partial charge in [-0.3, -0.25) is 9.47 Å². The van der Waals surface area contributed by atoms with Crippen molar-refractivity contribution in [1.29, 1.82) is 0 Å². The molecule has 0 bridgehead atoms. The molecule has 1 aromatic carbocycles. The van der Waals surface area contributed by atoms with Crippen molar-refractivity contribution in [3.63, 3.8) is 0 Å². The molecule has 1 N–H and O–H groups in total. The van der Waals surface area contributed by atoms with E-state index >= 15 is 0 Å². The van der Waals surface area contributed by atoms with Crippen LogP contribution in [-0.4, -0.2) is 44.1 Å². The molecular formula is C21H29N5O2. The Kier molecular flexibility index (Phi) is 5.71. The summed E-state index contributed by atoms with van der Waals surface area (Å²) < 4.78 is 7.26. The van der Waals surface area contributed by atoms with Gasteiger partial charge in [0.2, 0.25) is 0 Å². The molecule has 0 saturated carbocycles. The quantitative estimate of drug-likeness (QED) is 0.605. The van der Waals surface area contributed by atoms with E-state index in [9.17, 15) is 4.79 Å². The van der Waals surface area contributed by atoms with Crippen LogP contribution in [0.1, 0.15) is 45.2 Å². The number of H-pyrrole nitrogens is 1. The SMILES string of the molecule is CCCCOc1ncc2[nH]c(=O)n(Cc3cccc(CN4CCCC4)c3)c2n1.[HH]. The number of likely N-dealkylation sites (tertiary alicyclic amines) is 1. The van der Waals surface area contributed by atoms with E-state index in [1.165, 1.54) is 31.5 Å². The van der Waals surface area contributed by atoms with Crippen LogP contribution in [0.5, 0.6) is 6.01 Å². The molecule has 3 heterocycles. The molecule has 3 aromatic rings. The normalized spacial score (nSPS) is 14.8. The van der Waals surface area contributed by atoms with Crippen molar-refractivity contribution in [3.05, 3.63) is 52.1 Å². The maximum absolute atomic E-state index is 12.5. The summed E-state index contributed by atoms with van der Waals surface area (Å²) >= 11 is 0. The van der Waals surface area contributed by atoms with Crippen LogP contribution in [0.25, 0.3) is 11.2 Å². The average molecular weight is 383 g/mol. The van der Waals surface area contributed by atoms with Gasteiger partial charge < -0.3 is 9.72 Å². The number of unbranched alkanes of at least 4 members (excludes halogenated alkanes) is 1. The number of imidazole rings is 1. The van der Waals surface area contributed by atoms with Crippen LogP contribution >= 0.6 is 0 Å². The molecule has 1 aliphatic heterocycles. The first kappa shape index (κ1) is 18.7. The summed E-state index contributed by atoms with van der Waals surface area (Å²) in [5.41, 5.74) is 3.40. The highest BCUT2D eigenvalue weighted by molar-refractivity contribution is 5.69. The maximum Gasteiger partial charge on any atom is 0.328 e. The molecule has 0 amide bonds. The molecule has 28 heavy (non-hydrogen) atoms. The minimum Gasteiger partial charge on any atom is -0.463 e. The number of aromatic amines is 1. The van der Waals surface area contributed by atoms with Crippen molar-refractivity contribution < 1.29 is 6.16 Å². The number of hydrogen-bond acceptors (Lipinski definition) is 5. The van der Waals surface area contributed by atoms with Crippen molar-refractivity contribution in [3.8, 4) is 6.01 Å². The number of nitrogens with zero attached hydrogens (tertiary/aromatic N) is 4. The van der Waals surface area contributed by atoms with Crippen molar-refractivity contribution in [2.24, 2.45) is 0 Å². The fourth-order valence-electron chi connectivity index (χ4n) is 3.66. The Balaban J connectivity index is 0.00000240. The van der Waals surface area contributed by atoms with Crippen LogP contribution < -0.4 is 10.4 Å². The minimum atomic E-state index is -0.181. The van der Waals surface area contributed by atoms with Gasteiger partial charge >= 0.3 is 11.7 Å². The lowest BCUT2D eigenvalue weighted by Crippen LogP contribution is -2.19. The van der Waals surface area contributed by atoms with E-state index < -0.39 is 0 Å². The lowest BCUT2D eigenvalue weighted by atomic mass is 10.1. The second kappa shape index (κ2) is 8.56. The highest BCUT2D eigenvalue weighted by atomic mass is 16.5. The molecule has 150 valence electrons. The largest absolute Gasteiger partial charge is 0.463 e. The van der Waals surface area contributed by atoms with Crippen molar-refractivity contribution in [2.75, 3.05) is 19.7 Å². The van der Waals surface area contributed by atoms with E-state index in [-0.39, 0.29) is 7.12 Å². The van der Waals surface area contributed by atoms with Gasteiger partial charge in [0.25, 0.3) is 0 Å². The highest BCUT2D eigenvalue weighted by Crippen LogP contribution is 2.16. The molecule has 2 aromatic heterocycles. The summed E-state index contributed by atoms with van der Waals surface area (Å²) in [5, 5.41) is 0. The zero-order valence-electron chi connectivity index (χ0n) is 16.4. The number of nitrogens with one attached hydrogen (secondary N) is 1. The van der Waals surface area contributed by atoms with Crippen LogP contribution in [-0.2, 0) is 13.1 Å². The van der Waals surface area contributed by atoms with Gasteiger partial charge in [0.05, 0.1) is 19.3 Å². The van der Waals surface area contributed by atoms with Gasteiger partial charge in [-0.25, -0.2) is 9.78 Å². The maximum atomic E-state index is 12.5. The third kappa shape index (κ3) is 4.25. The first-order valence-electron chi connectivity index (χ1n) is 10.1. The zero-order chi connectivity index (χ0) is 19.3. The molecule has 1 saturated heterocycles. The number of ether oxygens (including phenoxy) is 1. The van der Waals surface area contributed by atoms with E-state index in [1.54, 1.807) is 10.8 Å². The lowest BCUT2D eigenvalue weighted by molar-refractivity contribution is 0.286. The summed E-state index contributed by atoms with van der Waals surface area (Å²) in [6.45, 7) is 6.46. The number of aromatic nitrogens is 4. The first-order chi connectivity index (χ1) is 13.7. The molecule has 4 rings (SSSR count). The molecule has 0 atom stereocenters. The molecule has 0 radical (unpaired) electrons. The van der Waals surface area contributed by atoms with E-state index in [4.69, 9.17) is 4.74 Å². The predicted molar refractivity (Wildman–Crippen MR) is 111 cm³/mol. The number of benzene rings is 1. The van der Waals surface area contributed by atoms with E-state index in [0.717, 1.165) is 24.9 Å². The predicted octanol–water partition coefficient (Wildman–Crippen LogP) is 3.19. The van der Waals surface area contributed by atoms with Crippen molar-refractivity contribution in [2.45, 2.75) is 45.7 Å². The summed E-state index contributed by atoms with van der Waals surface area (Å²) in [5.74, 6) is 0. The van der Waals surface area contributed by atoms with Crippen LogP contribution in [0.3, 0.4) is 0 Å². The van der Waals surface area contributed by atoms with Crippen LogP contribution in [0, 0.1) is 0 Å². The third-order valence-electron chi connectivity index (χ3n) is 5.15. The highest BCUT2D eigenvalue weighted by Gasteiger charge is 2.14. The number of fused-ring (bicyclic) bond motifs is 1. The fourth-order valence-corrected chi connectivity index (χ4v) is 3.66. The van der Waals surface area contributed by atoms with E-state index in [1.807, 2.05) is 0 Å². The van der Waals surface area contributed by atoms with E-state index in [0.29, 0.717) is 30.3 Å². The lowest BCUT2D eigenvalue weighted by Gasteiger charge is -2.15. The van der Waals surface area contributed by atoms with Gasteiger partial charge in [-0.2, -0.15) is 4.98 Å². The van der Waals surface area contributed by atoms with Gasteiger partial charge in [0, 0.05) is 7.97 Å². The molecule has 0 unspecified atom stereocenters. The van der Waals surface area contributed by atoms with Crippen LogP contribution in [0.2, 0.25) is 0 Å². The van der Waals surface area contributed by atoms with Gasteiger partial charge in [0.15, 0.2) is 5.65 Å². The van der Waals surface area contributed by atoms with Gasteiger partial charge in [-0.15, -0.1) is 0 Å². The summed E-state index contributed by atoms with van der Waals surface area (Å²) in [7, 11) is 0. The Morgan fingerprint density at radius 1 is 1.21 bits per heavy atom. The average Bonchev–Trinajstić information content (AvgIpc) is 3.31.